The van der Waals surface area contributed by atoms with Crippen LogP contribution in [-0.4, -0.2) is 36.5 Å². The maximum atomic E-state index is 8.95. The van der Waals surface area contributed by atoms with Gasteiger partial charge in [-0.2, -0.15) is 0 Å². The zero-order valence-electron chi connectivity index (χ0n) is 8.47. The first-order chi connectivity index (χ1) is 7.27. The van der Waals surface area contributed by atoms with E-state index in [1.807, 2.05) is 12.1 Å². The van der Waals surface area contributed by atoms with Gasteiger partial charge in [0.05, 0.1) is 13.2 Å². The summed E-state index contributed by atoms with van der Waals surface area (Å²) < 4.78 is 5.26. The van der Waals surface area contributed by atoms with Crippen molar-refractivity contribution in [3.8, 4) is 0 Å². The second-order valence-electron chi connectivity index (χ2n) is 3.56. The van der Waals surface area contributed by atoms with Crippen LogP contribution in [0.15, 0.2) is 24.3 Å². The quantitative estimate of drug-likeness (QED) is 0.697. The van der Waals surface area contributed by atoms with Gasteiger partial charge in [-0.3, -0.25) is 0 Å². The van der Waals surface area contributed by atoms with Gasteiger partial charge < -0.3 is 19.8 Å². The summed E-state index contributed by atoms with van der Waals surface area (Å²) in [6, 6.07) is 7.27. The van der Waals surface area contributed by atoms with E-state index in [9.17, 15) is 0 Å². The van der Waals surface area contributed by atoms with E-state index in [0.717, 1.165) is 32.0 Å². The number of rotatable bonds is 2. The van der Waals surface area contributed by atoms with E-state index in [-0.39, 0.29) is 0 Å². The van der Waals surface area contributed by atoms with Crippen molar-refractivity contribution in [2.75, 3.05) is 31.2 Å². The van der Waals surface area contributed by atoms with Crippen molar-refractivity contribution in [1.82, 2.24) is 0 Å². The Labute approximate surface area is 88.7 Å². The molecule has 1 aromatic rings. The minimum atomic E-state index is -1.39. The fourth-order valence-electron chi connectivity index (χ4n) is 1.68. The maximum Gasteiger partial charge on any atom is 0.178 e. The SMILES string of the molecule is OC(O)c1ccc(N2CCOCC2)cc1. The number of anilines is 1. The average molecular weight is 209 g/mol. The second-order valence-corrected chi connectivity index (χ2v) is 3.56. The van der Waals surface area contributed by atoms with Crippen molar-refractivity contribution >= 4 is 5.69 Å². The Morgan fingerprint density at radius 1 is 1.07 bits per heavy atom. The normalized spacial score (nSPS) is 17.1. The maximum absolute atomic E-state index is 8.95. The molecule has 15 heavy (non-hydrogen) atoms. The summed E-state index contributed by atoms with van der Waals surface area (Å²) in [7, 11) is 0. The van der Waals surface area contributed by atoms with Crippen molar-refractivity contribution in [1.29, 1.82) is 0 Å². The van der Waals surface area contributed by atoms with Gasteiger partial charge in [0.2, 0.25) is 0 Å². The number of nitrogens with zero attached hydrogens (tertiary/aromatic N) is 1. The molecule has 4 nitrogen and oxygen atoms in total. The van der Waals surface area contributed by atoms with Crippen molar-refractivity contribution in [3.05, 3.63) is 29.8 Å². The Kier molecular flexibility index (Phi) is 3.20. The van der Waals surface area contributed by atoms with E-state index < -0.39 is 6.29 Å². The summed E-state index contributed by atoms with van der Waals surface area (Å²) in [5.41, 5.74) is 1.62. The summed E-state index contributed by atoms with van der Waals surface area (Å²) in [5, 5.41) is 17.9. The monoisotopic (exact) mass is 209 g/mol. The lowest BCUT2D eigenvalue weighted by molar-refractivity contribution is -0.0424. The topological polar surface area (TPSA) is 52.9 Å². The molecule has 1 fully saturated rings. The zero-order valence-corrected chi connectivity index (χ0v) is 8.47. The molecule has 0 aromatic heterocycles. The minimum absolute atomic E-state index is 0.520. The Morgan fingerprint density at radius 2 is 1.67 bits per heavy atom. The molecule has 0 atom stereocenters. The number of aliphatic hydroxyl groups is 2. The molecule has 4 heteroatoms. The first kappa shape index (κ1) is 10.4. The average Bonchev–Trinajstić information content (AvgIpc) is 2.30. The molecule has 0 saturated carbocycles. The minimum Gasteiger partial charge on any atom is -0.378 e. The molecular weight excluding hydrogens is 194 g/mol. The third-order valence-electron chi connectivity index (χ3n) is 2.57. The molecule has 1 aliphatic heterocycles. The first-order valence-corrected chi connectivity index (χ1v) is 5.06. The van der Waals surface area contributed by atoms with Gasteiger partial charge in [-0.1, -0.05) is 12.1 Å². The van der Waals surface area contributed by atoms with Gasteiger partial charge in [-0.05, 0) is 12.1 Å². The first-order valence-electron chi connectivity index (χ1n) is 5.06. The van der Waals surface area contributed by atoms with Crippen LogP contribution in [0.25, 0.3) is 0 Å². The van der Waals surface area contributed by atoms with Crippen LogP contribution in [0.3, 0.4) is 0 Å². The lowest BCUT2D eigenvalue weighted by atomic mass is 10.2. The summed E-state index contributed by atoms with van der Waals surface area (Å²) in [4.78, 5) is 2.22. The molecule has 2 N–H and O–H groups in total. The molecule has 2 rings (SSSR count). The molecule has 1 aromatic carbocycles. The summed E-state index contributed by atoms with van der Waals surface area (Å²) in [5.74, 6) is 0. The van der Waals surface area contributed by atoms with E-state index in [4.69, 9.17) is 14.9 Å². The van der Waals surface area contributed by atoms with Crippen LogP contribution in [0.1, 0.15) is 11.9 Å². The molecule has 0 amide bonds. The fraction of sp³-hybridized carbons (Fsp3) is 0.455. The van der Waals surface area contributed by atoms with Crippen molar-refractivity contribution in [2.45, 2.75) is 6.29 Å². The molecule has 0 spiro atoms. The van der Waals surface area contributed by atoms with Crippen LogP contribution in [0.5, 0.6) is 0 Å². The van der Waals surface area contributed by atoms with E-state index in [0.29, 0.717) is 5.56 Å². The van der Waals surface area contributed by atoms with Gasteiger partial charge in [0.15, 0.2) is 6.29 Å². The molecule has 82 valence electrons. The predicted octanol–water partition coefficient (Wildman–Crippen LogP) is 0.506. The molecule has 0 aliphatic carbocycles. The van der Waals surface area contributed by atoms with Gasteiger partial charge in [-0.25, -0.2) is 0 Å². The van der Waals surface area contributed by atoms with Crippen LogP contribution in [0, 0.1) is 0 Å². The van der Waals surface area contributed by atoms with Crippen LogP contribution < -0.4 is 4.90 Å². The predicted molar refractivity (Wildman–Crippen MR) is 56.7 cm³/mol. The van der Waals surface area contributed by atoms with Crippen LogP contribution in [0.2, 0.25) is 0 Å². The largest absolute Gasteiger partial charge is 0.378 e. The zero-order chi connectivity index (χ0) is 10.7. The number of morpholine rings is 1. The van der Waals surface area contributed by atoms with Crippen LogP contribution >= 0.6 is 0 Å². The van der Waals surface area contributed by atoms with Gasteiger partial charge in [0, 0.05) is 24.3 Å². The van der Waals surface area contributed by atoms with E-state index in [1.165, 1.54) is 0 Å². The number of aliphatic hydroxyl groups excluding tert-OH is 1. The standard InChI is InChI=1S/C11H15NO3/c13-11(14)9-1-3-10(4-2-9)12-5-7-15-8-6-12/h1-4,11,13-14H,5-8H2. The molecule has 0 bridgehead atoms. The third-order valence-corrected chi connectivity index (χ3v) is 2.57. The summed E-state index contributed by atoms with van der Waals surface area (Å²) in [6.07, 6.45) is -1.39. The van der Waals surface area contributed by atoms with E-state index >= 15 is 0 Å². The molecule has 1 saturated heterocycles. The number of hydrogen-bond donors (Lipinski definition) is 2. The van der Waals surface area contributed by atoms with Gasteiger partial charge in [0.1, 0.15) is 0 Å². The number of hydrogen-bond acceptors (Lipinski definition) is 4. The molecule has 0 radical (unpaired) electrons. The molecule has 1 heterocycles. The van der Waals surface area contributed by atoms with Gasteiger partial charge in [-0.15, -0.1) is 0 Å². The van der Waals surface area contributed by atoms with Crippen LogP contribution in [0.4, 0.5) is 5.69 Å². The number of benzene rings is 1. The smallest absolute Gasteiger partial charge is 0.178 e. The second kappa shape index (κ2) is 4.61. The Bertz CT molecular complexity index is 304. The Balaban J connectivity index is 2.08. The Hall–Kier alpha value is -1.10. The van der Waals surface area contributed by atoms with E-state index in [1.54, 1.807) is 12.1 Å². The highest BCUT2D eigenvalue weighted by atomic mass is 16.5. The lowest BCUT2D eigenvalue weighted by Crippen LogP contribution is -2.36. The fourth-order valence-corrected chi connectivity index (χ4v) is 1.68. The third kappa shape index (κ3) is 2.47. The Morgan fingerprint density at radius 3 is 2.20 bits per heavy atom. The summed E-state index contributed by atoms with van der Waals surface area (Å²) >= 11 is 0. The highest BCUT2D eigenvalue weighted by Gasteiger charge is 2.11. The highest BCUT2D eigenvalue weighted by Crippen LogP contribution is 2.18. The lowest BCUT2D eigenvalue weighted by Gasteiger charge is -2.28. The van der Waals surface area contributed by atoms with Crippen molar-refractivity contribution in [3.63, 3.8) is 0 Å². The van der Waals surface area contributed by atoms with E-state index in [2.05, 4.69) is 4.90 Å². The van der Waals surface area contributed by atoms with Crippen LogP contribution in [-0.2, 0) is 4.74 Å². The number of ether oxygens (including phenoxy) is 1. The van der Waals surface area contributed by atoms with Gasteiger partial charge in [0.25, 0.3) is 0 Å². The molecular formula is C11H15NO3. The van der Waals surface area contributed by atoms with Crippen molar-refractivity contribution in [2.24, 2.45) is 0 Å². The summed E-state index contributed by atoms with van der Waals surface area (Å²) in [6.45, 7) is 3.29. The highest BCUT2D eigenvalue weighted by molar-refractivity contribution is 5.48. The van der Waals surface area contributed by atoms with Crippen molar-refractivity contribution < 1.29 is 14.9 Å². The molecule has 0 unspecified atom stereocenters. The van der Waals surface area contributed by atoms with Gasteiger partial charge >= 0.3 is 0 Å². The molecule has 1 aliphatic rings.